The van der Waals surface area contributed by atoms with Crippen molar-refractivity contribution in [1.29, 1.82) is 0 Å². The Labute approximate surface area is 94.5 Å². The molecule has 1 atom stereocenters. The predicted octanol–water partition coefficient (Wildman–Crippen LogP) is 2.00. The fourth-order valence-electron chi connectivity index (χ4n) is 1.13. The van der Waals surface area contributed by atoms with Crippen LogP contribution in [0.2, 0.25) is 0 Å². The zero-order valence-electron chi connectivity index (χ0n) is 9.01. The predicted molar refractivity (Wildman–Crippen MR) is 63.5 cm³/mol. The van der Waals surface area contributed by atoms with Crippen molar-refractivity contribution in [2.75, 3.05) is 5.75 Å². The van der Waals surface area contributed by atoms with E-state index >= 15 is 0 Å². The summed E-state index contributed by atoms with van der Waals surface area (Å²) < 4.78 is 0. The molecule has 1 heterocycles. The van der Waals surface area contributed by atoms with Crippen LogP contribution in [0, 0.1) is 5.92 Å². The minimum Gasteiger partial charge on any atom is -0.368 e. The molecule has 1 rings (SSSR count). The van der Waals surface area contributed by atoms with Crippen molar-refractivity contribution in [2.45, 2.75) is 19.1 Å². The molecular weight excluding hydrogens is 208 g/mol. The second-order valence-electron chi connectivity index (χ2n) is 3.76. The highest BCUT2D eigenvalue weighted by Crippen LogP contribution is 2.28. The molecule has 0 radical (unpaired) electrons. The zero-order valence-corrected chi connectivity index (χ0v) is 9.83. The first-order chi connectivity index (χ1) is 7.11. The Morgan fingerprint density at radius 1 is 1.53 bits per heavy atom. The Morgan fingerprint density at radius 2 is 2.27 bits per heavy atom. The highest BCUT2D eigenvalue weighted by molar-refractivity contribution is 8.00. The van der Waals surface area contributed by atoms with Crippen molar-refractivity contribution >= 4 is 17.7 Å². The highest BCUT2D eigenvalue weighted by atomic mass is 32.2. The number of nitrogens with two attached hydrogens (primary N) is 1. The molecule has 0 saturated carbocycles. The van der Waals surface area contributed by atoms with Gasteiger partial charge in [-0.05, 0) is 23.8 Å². The maximum absolute atomic E-state index is 11.3. The zero-order chi connectivity index (χ0) is 11.3. The molecule has 3 nitrogen and oxygen atoms in total. The van der Waals surface area contributed by atoms with Gasteiger partial charge in [0.25, 0.3) is 0 Å². The molecule has 1 aromatic rings. The molecule has 0 aromatic carbocycles. The normalized spacial score (nSPS) is 12.7. The molecular formula is C11H16N2OS. The molecule has 1 unspecified atom stereocenters. The first-order valence-corrected chi connectivity index (χ1v) is 5.98. The SMILES string of the molecule is CC(C)CSC(C(N)=O)c1ccccn1. The number of carbonyl (C=O) groups is 1. The van der Waals surface area contributed by atoms with E-state index in [1.54, 1.807) is 18.0 Å². The van der Waals surface area contributed by atoms with E-state index in [0.717, 1.165) is 11.4 Å². The third-order valence-electron chi connectivity index (χ3n) is 1.81. The maximum atomic E-state index is 11.3. The fraction of sp³-hybridized carbons (Fsp3) is 0.455. The van der Waals surface area contributed by atoms with Crippen LogP contribution in [0.15, 0.2) is 24.4 Å². The van der Waals surface area contributed by atoms with Gasteiger partial charge in [0, 0.05) is 6.20 Å². The van der Waals surface area contributed by atoms with Crippen molar-refractivity contribution in [3.63, 3.8) is 0 Å². The molecule has 0 aliphatic carbocycles. The number of carbonyl (C=O) groups excluding carboxylic acids is 1. The number of aromatic nitrogens is 1. The van der Waals surface area contributed by atoms with Crippen LogP contribution in [0.3, 0.4) is 0 Å². The summed E-state index contributed by atoms with van der Waals surface area (Å²) in [6.07, 6.45) is 1.68. The van der Waals surface area contributed by atoms with Gasteiger partial charge in [0.2, 0.25) is 5.91 Å². The van der Waals surface area contributed by atoms with E-state index in [1.165, 1.54) is 0 Å². The molecule has 0 bridgehead atoms. The second-order valence-corrected chi connectivity index (χ2v) is 4.90. The number of thioether (sulfide) groups is 1. The summed E-state index contributed by atoms with van der Waals surface area (Å²) >= 11 is 1.55. The van der Waals surface area contributed by atoms with Crippen LogP contribution in [0.5, 0.6) is 0 Å². The summed E-state index contributed by atoms with van der Waals surface area (Å²) in [5, 5.41) is -0.325. The van der Waals surface area contributed by atoms with Crippen molar-refractivity contribution in [3.8, 4) is 0 Å². The molecule has 2 N–H and O–H groups in total. The number of hydrogen-bond acceptors (Lipinski definition) is 3. The number of hydrogen-bond donors (Lipinski definition) is 1. The third-order valence-corrected chi connectivity index (χ3v) is 3.48. The lowest BCUT2D eigenvalue weighted by Gasteiger charge is -2.13. The van der Waals surface area contributed by atoms with Crippen LogP contribution in [-0.4, -0.2) is 16.6 Å². The van der Waals surface area contributed by atoms with E-state index in [2.05, 4.69) is 18.8 Å². The second kappa shape index (κ2) is 5.75. The van der Waals surface area contributed by atoms with Gasteiger partial charge in [-0.1, -0.05) is 19.9 Å². The highest BCUT2D eigenvalue weighted by Gasteiger charge is 2.19. The molecule has 0 fully saturated rings. The average molecular weight is 224 g/mol. The van der Waals surface area contributed by atoms with Gasteiger partial charge in [-0.15, -0.1) is 11.8 Å². The Hall–Kier alpha value is -1.03. The van der Waals surface area contributed by atoms with Crippen LogP contribution < -0.4 is 5.73 Å². The molecule has 0 saturated heterocycles. The van der Waals surface area contributed by atoms with Gasteiger partial charge in [0.15, 0.2) is 0 Å². The van der Waals surface area contributed by atoms with E-state index in [9.17, 15) is 4.79 Å². The summed E-state index contributed by atoms with van der Waals surface area (Å²) in [7, 11) is 0. The quantitative estimate of drug-likeness (QED) is 0.832. The van der Waals surface area contributed by atoms with E-state index in [4.69, 9.17) is 5.73 Å². The minimum atomic E-state index is -0.325. The van der Waals surface area contributed by atoms with E-state index in [0.29, 0.717) is 5.92 Å². The van der Waals surface area contributed by atoms with Crippen LogP contribution >= 0.6 is 11.8 Å². The fourth-order valence-corrected chi connectivity index (χ4v) is 2.18. The lowest BCUT2D eigenvalue weighted by atomic mass is 10.2. The summed E-state index contributed by atoms with van der Waals surface area (Å²) in [6, 6.07) is 5.53. The van der Waals surface area contributed by atoms with Crippen molar-refractivity contribution in [2.24, 2.45) is 11.7 Å². The Balaban J connectivity index is 2.71. The molecule has 1 aromatic heterocycles. The number of pyridine rings is 1. The summed E-state index contributed by atoms with van der Waals surface area (Å²) in [4.78, 5) is 15.4. The number of primary amides is 1. The molecule has 15 heavy (non-hydrogen) atoms. The average Bonchev–Trinajstić information content (AvgIpc) is 2.18. The van der Waals surface area contributed by atoms with Gasteiger partial charge in [0.05, 0.1) is 5.69 Å². The Kier molecular flexibility index (Phi) is 4.62. The third kappa shape index (κ3) is 3.91. The number of rotatable bonds is 5. The Morgan fingerprint density at radius 3 is 2.73 bits per heavy atom. The molecule has 0 aliphatic rings. The minimum absolute atomic E-state index is 0.320. The smallest absolute Gasteiger partial charge is 0.236 e. The number of nitrogens with zero attached hydrogens (tertiary/aromatic N) is 1. The van der Waals surface area contributed by atoms with Crippen molar-refractivity contribution in [3.05, 3.63) is 30.1 Å². The van der Waals surface area contributed by atoms with Gasteiger partial charge in [-0.25, -0.2) is 0 Å². The van der Waals surface area contributed by atoms with Gasteiger partial charge < -0.3 is 5.73 Å². The van der Waals surface area contributed by atoms with Gasteiger partial charge >= 0.3 is 0 Å². The van der Waals surface area contributed by atoms with Crippen molar-refractivity contribution < 1.29 is 4.79 Å². The summed E-state index contributed by atoms with van der Waals surface area (Å²) in [5.74, 6) is 1.13. The molecule has 0 aliphatic heterocycles. The largest absolute Gasteiger partial charge is 0.368 e. The van der Waals surface area contributed by atoms with Gasteiger partial charge in [0.1, 0.15) is 5.25 Å². The van der Waals surface area contributed by atoms with E-state index < -0.39 is 0 Å². The first-order valence-electron chi connectivity index (χ1n) is 4.93. The van der Waals surface area contributed by atoms with E-state index in [1.807, 2.05) is 18.2 Å². The van der Waals surface area contributed by atoms with Crippen molar-refractivity contribution in [1.82, 2.24) is 4.98 Å². The maximum Gasteiger partial charge on any atom is 0.236 e. The lowest BCUT2D eigenvalue weighted by Crippen LogP contribution is -2.20. The summed E-state index contributed by atoms with van der Waals surface area (Å²) in [6.45, 7) is 4.23. The molecule has 4 heteroatoms. The topological polar surface area (TPSA) is 56.0 Å². The molecule has 82 valence electrons. The molecule has 1 amide bonds. The first kappa shape index (κ1) is 12.0. The monoisotopic (exact) mass is 224 g/mol. The number of amides is 1. The van der Waals surface area contributed by atoms with Crippen LogP contribution in [-0.2, 0) is 4.79 Å². The van der Waals surface area contributed by atoms with Crippen LogP contribution in [0.1, 0.15) is 24.8 Å². The van der Waals surface area contributed by atoms with Gasteiger partial charge in [-0.2, -0.15) is 0 Å². The Bertz CT molecular complexity index is 314. The van der Waals surface area contributed by atoms with Crippen LogP contribution in [0.25, 0.3) is 0 Å². The lowest BCUT2D eigenvalue weighted by molar-refractivity contribution is -0.117. The standard InChI is InChI=1S/C11H16N2OS/c1-8(2)7-15-10(11(12)14)9-5-3-4-6-13-9/h3-6,8,10H,7H2,1-2H3,(H2,12,14). The van der Waals surface area contributed by atoms with E-state index in [-0.39, 0.29) is 11.2 Å². The van der Waals surface area contributed by atoms with Crippen LogP contribution in [0.4, 0.5) is 0 Å². The molecule has 0 spiro atoms. The van der Waals surface area contributed by atoms with Gasteiger partial charge in [-0.3, -0.25) is 9.78 Å². The summed E-state index contributed by atoms with van der Waals surface area (Å²) in [5.41, 5.74) is 6.10.